The smallest absolute Gasteiger partial charge is 0.160 e. The van der Waals surface area contributed by atoms with Crippen LogP contribution in [0.5, 0.6) is 0 Å². The summed E-state index contributed by atoms with van der Waals surface area (Å²) in [4.78, 5) is 15.9. The first kappa shape index (κ1) is 13.4. The van der Waals surface area contributed by atoms with Gasteiger partial charge in [0, 0.05) is 49.3 Å². The summed E-state index contributed by atoms with van der Waals surface area (Å²) in [6.07, 6.45) is 9.14. The van der Waals surface area contributed by atoms with Crippen LogP contribution in [0.3, 0.4) is 0 Å². The van der Waals surface area contributed by atoms with E-state index in [0.717, 1.165) is 41.6 Å². The van der Waals surface area contributed by atoms with E-state index in [1.807, 2.05) is 32.3 Å². The average Bonchev–Trinajstić information content (AvgIpc) is 3.09. The fourth-order valence-electron chi connectivity index (χ4n) is 2.27. The van der Waals surface area contributed by atoms with Crippen LogP contribution in [-0.2, 0) is 6.54 Å². The highest BCUT2D eigenvalue weighted by Crippen LogP contribution is 2.18. The summed E-state index contributed by atoms with van der Waals surface area (Å²) >= 11 is 0. The molecule has 0 atom stereocenters. The molecule has 0 aromatic carbocycles. The molecule has 0 aliphatic rings. The zero-order valence-electron chi connectivity index (χ0n) is 12.2. The number of H-pyrrole nitrogens is 1. The fraction of sp³-hybridized carbons (Fsp3) is 0.267. The van der Waals surface area contributed by atoms with Crippen LogP contribution >= 0.6 is 0 Å². The van der Waals surface area contributed by atoms with Crippen LogP contribution in [0.15, 0.2) is 37.2 Å². The molecular formula is C15H18N6. The normalized spacial score (nSPS) is 10.8. The number of aromatic nitrogens is 5. The third-order valence-corrected chi connectivity index (χ3v) is 3.45. The topological polar surface area (TPSA) is 71.4 Å². The van der Waals surface area contributed by atoms with Gasteiger partial charge in [0.2, 0.25) is 0 Å². The fourth-order valence-corrected chi connectivity index (χ4v) is 2.27. The third-order valence-electron chi connectivity index (χ3n) is 3.45. The number of aryl methyl sites for hydroxylation is 2. The van der Waals surface area contributed by atoms with Crippen LogP contribution < -0.4 is 5.32 Å². The number of imidazole rings is 2. The minimum Gasteiger partial charge on any atom is -0.383 e. The van der Waals surface area contributed by atoms with Crippen LogP contribution in [0, 0.1) is 13.8 Å². The second-order valence-corrected chi connectivity index (χ2v) is 4.94. The second kappa shape index (κ2) is 5.78. The molecule has 108 valence electrons. The Morgan fingerprint density at radius 2 is 2.14 bits per heavy atom. The van der Waals surface area contributed by atoms with Crippen molar-refractivity contribution < 1.29 is 0 Å². The Morgan fingerprint density at radius 1 is 1.24 bits per heavy atom. The number of aromatic amines is 1. The Morgan fingerprint density at radius 3 is 2.90 bits per heavy atom. The van der Waals surface area contributed by atoms with Crippen LogP contribution in [0.2, 0.25) is 0 Å². The Labute approximate surface area is 123 Å². The molecule has 0 bridgehead atoms. The molecule has 21 heavy (non-hydrogen) atoms. The van der Waals surface area contributed by atoms with Gasteiger partial charge in [0.1, 0.15) is 5.69 Å². The zero-order valence-corrected chi connectivity index (χ0v) is 12.2. The van der Waals surface area contributed by atoms with Crippen LogP contribution in [0.4, 0.5) is 5.69 Å². The van der Waals surface area contributed by atoms with Crippen LogP contribution in [-0.4, -0.2) is 31.0 Å². The van der Waals surface area contributed by atoms with Gasteiger partial charge in [-0.05, 0) is 25.5 Å². The Kier molecular flexibility index (Phi) is 3.68. The molecule has 6 heteroatoms. The van der Waals surface area contributed by atoms with E-state index in [1.165, 1.54) is 0 Å². The van der Waals surface area contributed by atoms with E-state index in [4.69, 9.17) is 0 Å². The quantitative estimate of drug-likeness (QED) is 0.753. The van der Waals surface area contributed by atoms with Crippen molar-refractivity contribution in [2.75, 3.05) is 11.9 Å². The monoisotopic (exact) mass is 282 g/mol. The molecule has 2 N–H and O–H groups in total. The van der Waals surface area contributed by atoms with Gasteiger partial charge in [0.05, 0.1) is 6.33 Å². The summed E-state index contributed by atoms with van der Waals surface area (Å²) in [7, 11) is 0. The molecule has 0 aliphatic heterocycles. The van der Waals surface area contributed by atoms with Crippen molar-refractivity contribution in [3.05, 3.63) is 48.4 Å². The molecule has 3 aromatic rings. The van der Waals surface area contributed by atoms with E-state index in [2.05, 4.69) is 29.8 Å². The molecule has 0 saturated heterocycles. The molecule has 0 fully saturated rings. The van der Waals surface area contributed by atoms with Gasteiger partial charge in [0.25, 0.3) is 0 Å². The Bertz CT molecular complexity index is 727. The van der Waals surface area contributed by atoms with Gasteiger partial charge >= 0.3 is 0 Å². The minimum absolute atomic E-state index is 0.817. The van der Waals surface area contributed by atoms with Gasteiger partial charge in [-0.3, -0.25) is 4.98 Å². The maximum absolute atomic E-state index is 4.41. The lowest BCUT2D eigenvalue weighted by Crippen LogP contribution is -2.12. The number of rotatable bonds is 5. The highest BCUT2D eigenvalue weighted by atomic mass is 15.1. The SMILES string of the molecule is Cc1cnccc1NCCn1ccnc1-c1nc[nH]c1C. The van der Waals surface area contributed by atoms with E-state index in [-0.39, 0.29) is 0 Å². The molecule has 0 aliphatic carbocycles. The highest BCUT2D eigenvalue weighted by molar-refractivity contribution is 5.53. The maximum atomic E-state index is 4.41. The molecule has 3 heterocycles. The number of hydrogen-bond donors (Lipinski definition) is 2. The van der Waals surface area contributed by atoms with E-state index >= 15 is 0 Å². The number of hydrogen-bond acceptors (Lipinski definition) is 4. The first-order valence-electron chi connectivity index (χ1n) is 6.91. The van der Waals surface area contributed by atoms with Crippen molar-refractivity contribution in [2.24, 2.45) is 0 Å². The predicted octanol–water partition coefficient (Wildman–Crippen LogP) is 2.40. The highest BCUT2D eigenvalue weighted by Gasteiger charge is 2.10. The predicted molar refractivity (Wildman–Crippen MR) is 82.0 cm³/mol. The average molecular weight is 282 g/mol. The minimum atomic E-state index is 0.817. The lowest BCUT2D eigenvalue weighted by Gasteiger charge is -2.11. The van der Waals surface area contributed by atoms with E-state index in [0.29, 0.717) is 0 Å². The number of nitrogens with zero attached hydrogens (tertiary/aromatic N) is 4. The molecular weight excluding hydrogens is 264 g/mol. The van der Waals surface area contributed by atoms with Crippen molar-refractivity contribution in [3.8, 4) is 11.5 Å². The summed E-state index contributed by atoms with van der Waals surface area (Å²) in [5.41, 5.74) is 4.19. The largest absolute Gasteiger partial charge is 0.383 e. The Hall–Kier alpha value is -2.63. The molecule has 0 saturated carbocycles. The Balaban J connectivity index is 1.69. The molecule has 6 nitrogen and oxygen atoms in total. The summed E-state index contributed by atoms with van der Waals surface area (Å²) in [5, 5.41) is 3.42. The first-order chi connectivity index (χ1) is 10.3. The van der Waals surface area contributed by atoms with E-state index < -0.39 is 0 Å². The number of pyridine rings is 1. The lowest BCUT2D eigenvalue weighted by molar-refractivity contribution is 0.732. The van der Waals surface area contributed by atoms with Crippen molar-refractivity contribution in [3.63, 3.8) is 0 Å². The molecule has 3 rings (SSSR count). The lowest BCUT2D eigenvalue weighted by atomic mass is 10.2. The van der Waals surface area contributed by atoms with Crippen molar-refractivity contribution in [1.82, 2.24) is 24.5 Å². The molecule has 0 radical (unpaired) electrons. The number of nitrogens with one attached hydrogen (secondary N) is 2. The summed E-state index contributed by atoms with van der Waals surface area (Å²) in [6.45, 7) is 5.69. The van der Waals surface area contributed by atoms with Gasteiger partial charge in [-0.1, -0.05) is 0 Å². The van der Waals surface area contributed by atoms with Crippen LogP contribution in [0.25, 0.3) is 11.5 Å². The van der Waals surface area contributed by atoms with Gasteiger partial charge in [-0.25, -0.2) is 9.97 Å². The zero-order chi connectivity index (χ0) is 14.7. The standard InChI is InChI=1S/C15H18N6/c1-11-9-16-4-3-13(11)17-5-7-21-8-6-18-15(21)14-12(2)19-10-20-14/h3-4,6,8-10H,5,7H2,1-2H3,(H,16,17)(H,19,20). The summed E-state index contributed by atoms with van der Waals surface area (Å²) < 4.78 is 2.10. The van der Waals surface area contributed by atoms with Crippen molar-refractivity contribution in [1.29, 1.82) is 0 Å². The number of anilines is 1. The van der Waals surface area contributed by atoms with Crippen molar-refractivity contribution >= 4 is 5.69 Å². The van der Waals surface area contributed by atoms with Crippen molar-refractivity contribution in [2.45, 2.75) is 20.4 Å². The van der Waals surface area contributed by atoms with Gasteiger partial charge in [0.15, 0.2) is 5.82 Å². The molecule has 0 amide bonds. The van der Waals surface area contributed by atoms with E-state index in [9.17, 15) is 0 Å². The van der Waals surface area contributed by atoms with Crippen LogP contribution in [0.1, 0.15) is 11.3 Å². The summed E-state index contributed by atoms with van der Waals surface area (Å²) in [5.74, 6) is 0.891. The van der Waals surface area contributed by atoms with E-state index in [1.54, 1.807) is 18.7 Å². The van der Waals surface area contributed by atoms with Gasteiger partial charge in [-0.2, -0.15) is 0 Å². The first-order valence-corrected chi connectivity index (χ1v) is 6.91. The molecule has 0 unspecified atom stereocenters. The van der Waals surface area contributed by atoms with Gasteiger partial charge in [-0.15, -0.1) is 0 Å². The molecule has 0 spiro atoms. The third kappa shape index (κ3) is 2.79. The summed E-state index contributed by atoms with van der Waals surface area (Å²) in [6, 6.07) is 1.99. The van der Waals surface area contributed by atoms with Gasteiger partial charge < -0.3 is 14.9 Å². The molecule has 3 aromatic heterocycles. The second-order valence-electron chi connectivity index (χ2n) is 4.94. The maximum Gasteiger partial charge on any atom is 0.160 e.